The van der Waals surface area contributed by atoms with Crippen LogP contribution in [0, 0.1) is 5.21 Å². The van der Waals surface area contributed by atoms with E-state index in [2.05, 4.69) is 6.92 Å². The number of unbranched alkanes of at least 4 members (excludes halogenated alkanes) is 12. The van der Waals surface area contributed by atoms with Gasteiger partial charge in [0, 0.05) is 6.42 Å². The van der Waals surface area contributed by atoms with Crippen molar-refractivity contribution in [1.82, 2.24) is 0 Å². The molecule has 0 spiro atoms. The summed E-state index contributed by atoms with van der Waals surface area (Å²) >= 11 is 0. The van der Waals surface area contributed by atoms with Gasteiger partial charge in [0.15, 0.2) is 6.23 Å². The van der Waals surface area contributed by atoms with E-state index < -0.39 is 6.23 Å². The van der Waals surface area contributed by atoms with Crippen LogP contribution in [0.15, 0.2) is 0 Å². The number of hydrogen-bond acceptors (Lipinski definition) is 4. The molecule has 3 N–H and O–H groups in total. The molecular weight excluding hydrogens is 328 g/mol. The van der Waals surface area contributed by atoms with E-state index in [0.29, 0.717) is 12.8 Å². The van der Waals surface area contributed by atoms with E-state index in [1.165, 1.54) is 84.7 Å². The van der Waals surface area contributed by atoms with Crippen molar-refractivity contribution < 1.29 is 14.6 Å². The summed E-state index contributed by atoms with van der Waals surface area (Å²) in [6, 6.07) is 0. The van der Waals surface area contributed by atoms with Crippen LogP contribution in [-0.4, -0.2) is 26.3 Å². The third-order valence-electron chi connectivity index (χ3n) is 4.17. The molecule has 0 aromatic heterocycles. The topological polar surface area (TPSA) is 79.8 Å². The Kier molecular flexibility index (Phi) is 23.7. The van der Waals surface area contributed by atoms with E-state index in [9.17, 15) is 10.0 Å². The van der Waals surface area contributed by atoms with Crippen LogP contribution in [0.1, 0.15) is 110 Å². The molecule has 0 aliphatic heterocycles. The summed E-state index contributed by atoms with van der Waals surface area (Å²) in [5.41, 5.74) is 5.57. The van der Waals surface area contributed by atoms with Crippen LogP contribution in [0.25, 0.3) is 0 Å². The number of esters is 1. The van der Waals surface area contributed by atoms with Crippen molar-refractivity contribution in [3.8, 4) is 0 Å². The summed E-state index contributed by atoms with van der Waals surface area (Å²) in [6.07, 6.45) is 17.9. The van der Waals surface area contributed by atoms with E-state index in [0.717, 1.165) is 12.8 Å². The second-order valence-electron chi connectivity index (χ2n) is 7.34. The minimum absolute atomic E-state index is 0.141. The van der Waals surface area contributed by atoms with Gasteiger partial charge in [0.1, 0.15) is 0 Å². The standard InChI is InChI=1S/C19H39NO2.C2H7NO/c1-3-5-6-7-8-9-10-11-12-13-14-15-16-17-19(21)22-18(20)4-2;1-3(2)4/h18H,3-17,20H2,1-2H3;3H,1-2H3. The Morgan fingerprint density at radius 3 is 1.54 bits per heavy atom. The number of hydroxylamine groups is 2. The van der Waals surface area contributed by atoms with Crippen LogP contribution in [0.2, 0.25) is 0 Å². The fraction of sp³-hybridized carbons (Fsp3) is 0.952. The van der Waals surface area contributed by atoms with Crippen LogP contribution in [0.4, 0.5) is 0 Å². The first-order chi connectivity index (χ1) is 12.4. The second kappa shape index (κ2) is 22.4. The fourth-order valence-electron chi connectivity index (χ4n) is 2.60. The zero-order chi connectivity index (χ0) is 20.0. The second-order valence-corrected chi connectivity index (χ2v) is 7.34. The summed E-state index contributed by atoms with van der Waals surface area (Å²) in [4.78, 5) is 11.4. The summed E-state index contributed by atoms with van der Waals surface area (Å²) in [5, 5.41) is 9.61. The minimum atomic E-state index is -0.422. The monoisotopic (exact) mass is 374 g/mol. The van der Waals surface area contributed by atoms with E-state index in [1.807, 2.05) is 6.92 Å². The number of nitrogens with two attached hydrogens (primary N) is 1. The molecule has 0 rings (SSSR count). The van der Waals surface area contributed by atoms with Gasteiger partial charge in [0.05, 0.1) is 14.1 Å². The van der Waals surface area contributed by atoms with Gasteiger partial charge in [-0.25, -0.2) is 0 Å². The molecule has 0 heterocycles. The highest BCUT2D eigenvalue weighted by Crippen LogP contribution is 2.13. The van der Waals surface area contributed by atoms with Crippen molar-refractivity contribution in [1.29, 1.82) is 0 Å². The molecule has 0 aromatic carbocycles. The number of hydrogen-bond donors (Lipinski definition) is 2. The fourth-order valence-corrected chi connectivity index (χ4v) is 2.60. The lowest BCUT2D eigenvalue weighted by Crippen LogP contribution is -3.00. The van der Waals surface area contributed by atoms with Crippen molar-refractivity contribution in [3.63, 3.8) is 0 Å². The van der Waals surface area contributed by atoms with Crippen LogP contribution in [0.3, 0.4) is 0 Å². The lowest BCUT2D eigenvalue weighted by atomic mass is 10.0. The normalized spacial score (nSPS) is 11.8. The Labute approximate surface area is 162 Å². The van der Waals surface area contributed by atoms with Crippen LogP contribution >= 0.6 is 0 Å². The van der Waals surface area contributed by atoms with Gasteiger partial charge in [-0.15, -0.1) is 0 Å². The van der Waals surface area contributed by atoms with Crippen molar-refractivity contribution in [3.05, 3.63) is 5.21 Å². The minimum Gasteiger partial charge on any atom is -0.635 e. The van der Waals surface area contributed by atoms with Gasteiger partial charge < -0.3 is 15.0 Å². The smallest absolute Gasteiger partial charge is 0.307 e. The molecule has 158 valence electrons. The molecule has 1 atom stereocenters. The first-order valence-corrected chi connectivity index (χ1v) is 10.9. The molecule has 0 saturated carbocycles. The van der Waals surface area contributed by atoms with Gasteiger partial charge in [-0.05, 0) is 12.8 Å². The number of rotatable bonds is 16. The lowest BCUT2D eigenvalue weighted by molar-refractivity contribution is -0.802. The molecule has 1 unspecified atom stereocenters. The molecule has 0 aliphatic carbocycles. The summed E-state index contributed by atoms with van der Waals surface area (Å²) in [7, 11) is 3.06. The van der Waals surface area contributed by atoms with Crippen molar-refractivity contribution in [2.75, 3.05) is 14.1 Å². The van der Waals surface area contributed by atoms with Crippen LogP contribution < -0.4 is 10.8 Å². The van der Waals surface area contributed by atoms with Crippen molar-refractivity contribution in [2.24, 2.45) is 5.73 Å². The van der Waals surface area contributed by atoms with E-state index >= 15 is 0 Å². The number of nitrogens with one attached hydrogen (secondary N) is 1. The summed E-state index contributed by atoms with van der Waals surface area (Å²) in [6.45, 7) is 4.19. The van der Waals surface area contributed by atoms with Crippen LogP contribution in [-0.2, 0) is 9.53 Å². The summed E-state index contributed by atoms with van der Waals surface area (Å²) in [5.74, 6) is -0.141. The van der Waals surface area contributed by atoms with Gasteiger partial charge in [-0.3, -0.25) is 10.5 Å². The Bertz CT molecular complexity index is 284. The third kappa shape index (κ3) is 28.2. The highest BCUT2D eigenvalue weighted by Gasteiger charge is 2.06. The molecule has 0 saturated heterocycles. The maximum absolute atomic E-state index is 11.4. The SMILES string of the molecule is CCCCCCCCCCCCCCCC(=O)OC(N)CC.C[NH+](C)[O-]. The summed E-state index contributed by atoms with van der Waals surface area (Å²) < 4.78 is 5.05. The molecular formula is C21H46N2O3. The van der Waals surface area contributed by atoms with Crippen molar-refractivity contribution >= 4 is 5.97 Å². The predicted molar refractivity (Wildman–Crippen MR) is 111 cm³/mol. The maximum atomic E-state index is 11.4. The van der Waals surface area contributed by atoms with Gasteiger partial charge in [0.25, 0.3) is 0 Å². The van der Waals surface area contributed by atoms with E-state index in [-0.39, 0.29) is 11.0 Å². The first-order valence-electron chi connectivity index (χ1n) is 10.9. The molecule has 0 bridgehead atoms. The van der Waals surface area contributed by atoms with Gasteiger partial charge in [-0.1, -0.05) is 90.9 Å². The molecule has 0 fully saturated rings. The van der Waals surface area contributed by atoms with Gasteiger partial charge in [0.2, 0.25) is 0 Å². The Morgan fingerprint density at radius 2 is 1.19 bits per heavy atom. The van der Waals surface area contributed by atoms with Gasteiger partial charge in [-0.2, -0.15) is 0 Å². The third-order valence-corrected chi connectivity index (χ3v) is 4.17. The number of carbonyl (C=O) groups excluding carboxylic acids is 1. The first kappa shape index (κ1) is 27.6. The van der Waals surface area contributed by atoms with E-state index in [1.54, 1.807) is 0 Å². The molecule has 5 nitrogen and oxygen atoms in total. The highest BCUT2D eigenvalue weighted by molar-refractivity contribution is 5.69. The van der Waals surface area contributed by atoms with Gasteiger partial charge >= 0.3 is 5.97 Å². The molecule has 0 aliphatic rings. The number of ether oxygens (including phenoxy) is 1. The largest absolute Gasteiger partial charge is 0.635 e. The molecule has 0 aromatic rings. The quantitative estimate of drug-likeness (QED) is 0.182. The zero-order valence-electron chi connectivity index (χ0n) is 18.0. The Hall–Kier alpha value is -0.650. The number of carbonyl (C=O) groups is 1. The molecule has 0 radical (unpaired) electrons. The zero-order valence-corrected chi connectivity index (χ0v) is 18.0. The van der Waals surface area contributed by atoms with E-state index in [4.69, 9.17) is 10.5 Å². The average molecular weight is 375 g/mol. The maximum Gasteiger partial charge on any atom is 0.307 e. The predicted octanol–water partition coefficient (Wildman–Crippen LogP) is 4.33. The van der Waals surface area contributed by atoms with Crippen LogP contribution in [0.5, 0.6) is 0 Å². The Balaban J connectivity index is 0. The highest BCUT2D eigenvalue weighted by atomic mass is 16.6. The molecule has 26 heavy (non-hydrogen) atoms. The Morgan fingerprint density at radius 1 is 0.846 bits per heavy atom. The molecule has 0 amide bonds. The van der Waals surface area contributed by atoms with Crippen molar-refractivity contribution in [2.45, 2.75) is 116 Å². The lowest BCUT2D eigenvalue weighted by Gasteiger charge is -2.10. The number of quaternary nitrogens is 1. The average Bonchev–Trinajstić information content (AvgIpc) is 2.58. The molecule has 5 heteroatoms.